The smallest absolute Gasteiger partial charge is 0.227 e. The van der Waals surface area contributed by atoms with Crippen LogP contribution in [0, 0.1) is 11.3 Å². The molecule has 31 heavy (non-hydrogen) atoms. The van der Waals surface area contributed by atoms with Crippen LogP contribution < -0.4 is 5.32 Å². The molecule has 0 bridgehead atoms. The Labute approximate surface area is 185 Å². The highest BCUT2D eigenvalue weighted by Crippen LogP contribution is 2.36. The topological polar surface area (TPSA) is 86.1 Å². The Morgan fingerprint density at radius 3 is 2.71 bits per heavy atom. The van der Waals surface area contributed by atoms with Crippen molar-refractivity contribution in [1.29, 1.82) is 5.26 Å². The zero-order chi connectivity index (χ0) is 21.6. The summed E-state index contributed by atoms with van der Waals surface area (Å²) in [5.41, 5.74) is 3.48. The number of thiophene rings is 1. The molecule has 1 aromatic carbocycles. The van der Waals surface area contributed by atoms with E-state index in [9.17, 15) is 14.9 Å². The lowest BCUT2D eigenvalue weighted by molar-refractivity contribution is -0.131. The number of nitriles is 1. The van der Waals surface area contributed by atoms with E-state index in [1.165, 1.54) is 11.3 Å². The Morgan fingerprint density at radius 1 is 1.16 bits per heavy atom. The Kier molecular flexibility index (Phi) is 6.39. The average Bonchev–Trinajstić information content (AvgIpc) is 3.15. The Hall–Kier alpha value is -3.50. The van der Waals surface area contributed by atoms with Gasteiger partial charge in [-0.25, -0.2) is 0 Å². The van der Waals surface area contributed by atoms with Crippen molar-refractivity contribution in [2.75, 3.05) is 11.9 Å². The molecule has 0 radical (unpaired) electrons. The number of nitrogens with one attached hydrogen (secondary N) is 1. The molecule has 1 aliphatic rings. The van der Waals surface area contributed by atoms with Gasteiger partial charge in [-0.05, 0) is 35.6 Å². The molecule has 3 heterocycles. The van der Waals surface area contributed by atoms with E-state index in [2.05, 4.69) is 16.4 Å². The number of aryl methyl sites for hydroxylation is 1. The van der Waals surface area contributed by atoms with Gasteiger partial charge in [0.2, 0.25) is 11.8 Å². The summed E-state index contributed by atoms with van der Waals surface area (Å²) in [5, 5.41) is 13.2. The summed E-state index contributed by atoms with van der Waals surface area (Å²) < 4.78 is 0. The number of nitrogens with zero attached hydrogens (tertiary/aromatic N) is 3. The lowest BCUT2D eigenvalue weighted by Gasteiger charge is -2.27. The van der Waals surface area contributed by atoms with Gasteiger partial charge in [-0.2, -0.15) is 5.26 Å². The number of hydrogen-bond acceptors (Lipinski definition) is 5. The third-order valence-corrected chi connectivity index (χ3v) is 6.47. The molecule has 0 atom stereocenters. The number of aromatic nitrogens is 1. The molecule has 0 saturated carbocycles. The molecule has 0 unspecified atom stereocenters. The Balaban J connectivity index is 1.41. The number of pyridine rings is 1. The van der Waals surface area contributed by atoms with E-state index in [1.807, 2.05) is 47.4 Å². The Morgan fingerprint density at radius 2 is 1.97 bits per heavy atom. The maximum Gasteiger partial charge on any atom is 0.227 e. The minimum Gasteiger partial charge on any atom is -0.337 e. The summed E-state index contributed by atoms with van der Waals surface area (Å²) in [6, 6.07) is 15.8. The maximum absolute atomic E-state index is 12.7. The first-order valence-corrected chi connectivity index (χ1v) is 11.0. The van der Waals surface area contributed by atoms with Gasteiger partial charge >= 0.3 is 0 Å². The van der Waals surface area contributed by atoms with Crippen molar-refractivity contribution < 1.29 is 9.59 Å². The predicted octanol–water partition coefficient (Wildman–Crippen LogP) is 3.71. The van der Waals surface area contributed by atoms with Crippen LogP contribution in [0.15, 0.2) is 54.9 Å². The minimum atomic E-state index is -0.108. The molecule has 2 aromatic heterocycles. The normalized spacial score (nSPS) is 12.7. The second-order valence-electron chi connectivity index (χ2n) is 7.46. The van der Waals surface area contributed by atoms with Gasteiger partial charge in [-0.1, -0.05) is 36.4 Å². The van der Waals surface area contributed by atoms with Crippen LogP contribution in [0.25, 0.3) is 0 Å². The fraction of sp³-hybridized carbons (Fsp3) is 0.250. The van der Waals surface area contributed by atoms with Crippen molar-refractivity contribution in [3.63, 3.8) is 0 Å². The highest BCUT2D eigenvalue weighted by Gasteiger charge is 2.27. The molecule has 2 amide bonds. The summed E-state index contributed by atoms with van der Waals surface area (Å²) in [7, 11) is 0. The van der Waals surface area contributed by atoms with Crippen molar-refractivity contribution in [3.8, 4) is 6.07 Å². The van der Waals surface area contributed by atoms with E-state index in [0.29, 0.717) is 49.3 Å². The quantitative estimate of drug-likeness (QED) is 0.646. The average molecular weight is 431 g/mol. The summed E-state index contributed by atoms with van der Waals surface area (Å²) in [6.07, 6.45) is 5.32. The monoisotopic (exact) mass is 430 g/mol. The zero-order valence-corrected chi connectivity index (χ0v) is 17.8. The molecule has 3 aromatic rings. The Bertz CT molecular complexity index is 1120. The molecule has 1 aliphatic heterocycles. The van der Waals surface area contributed by atoms with Gasteiger partial charge in [0.25, 0.3) is 0 Å². The number of anilines is 1. The molecular weight excluding hydrogens is 408 g/mol. The number of rotatable bonds is 6. The fourth-order valence-corrected chi connectivity index (χ4v) is 4.93. The van der Waals surface area contributed by atoms with Gasteiger partial charge in [0, 0.05) is 30.2 Å². The molecule has 0 fully saturated rings. The summed E-state index contributed by atoms with van der Waals surface area (Å²) >= 11 is 1.40. The molecule has 1 N–H and O–H groups in total. The van der Waals surface area contributed by atoms with Crippen molar-refractivity contribution in [2.45, 2.75) is 32.2 Å². The van der Waals surface area contributed by atoms with Gasteiger partial charge in [-0.15, -0.1) is 11.3 Å². The van der Waals surface area contributed by atoms with Gasteiger partial charge in [-0.3, -0.25) is 14.6 Å². The van der Waals surface area contributed by atoms with E-state index in [-0.39, 0.29) is 11.8 Å². The van der Waals surface area contributed by atoms with Gasteiger partial charge in [0.1, 0.15) is 11.1 Å². The lowest BCUT2D eigenvalue weighted by atomic mass is 10.0. The minimum absolute atomic E-state index is 0.0407. The number of fused-ring (bicyclic) bond motifs is 1. The van der Waals surface area contributed by atoms with Crippen LogP contribution in [0.2, 0.25) is 0 Å². The van der Waals surface area contributed by atoms with Crippen LogP contribution in [-0.2, 0) is 35.4 Å². The molecule has 4 rings (SSSR count). The number of carbonyl (C=O) groups excluding carboxylic acids is 2. The van der Waals surface area contributed by atoms with Crippen LogP contribution in [0.3, 0.4) is 0 Å². The largest absolute Gasteiger partial charge is 0.337 e. The maximum atomic E-state index is 12.7. The van der Waals surface area contributed by atoms with Crippen molar-refractivity contribution in [2.24, 2.45) is 0 Å². The third kappa shape index (κ3) is 4.98. The van der Waals surface area contributed by atoms with Crippen LogP contribution in [0.4, 0.5) is 5.00 Å². The number of hydrogen-bond donors (Lipinski definition) is 1. The van der Waals surface area contributed by atoms with E-state index in [1.54, 1.807) is 12.4 Å². The van der Waals surface area contributed by atoms with Crippen LogP contribution >= 0.6 is 11.3 Å². The highest BCUT2D eigenvalue weighted by molar-refractivity contribution is 7.16. The van der Waals surface area contributed by atoms with E-state index >= 15 is 0 Å². The first-order chi connectivity index (χ1) is 15.1. The molecular formula is C24H22N4O2S. The first kappa shape index (κ1) is 20.8. The van der Waals surface area contributed by atoms with E-state index in [0.717, 1.165) is 21.6 Å². The molecule has 0 aliphatic carbocycles. The van der Waals surface area contributed by atoms with E-state index in [4.69, 9.17) is 0 Å². The van der Waals surface area contributed by atoms with Crippen molar-refractivity contribution in [3.05, 3.63) is 82.0 Å². The fourth-order valence-electron chi connectivity index (χ4n) is 3.70. The van der Waals surface area contributed by atoms with Crippen molar-refractivity contribution in [1.82, 2.24) is 9.88 Å². The SMILES string of the molecule is N#Cc1c(NC(=O)CCc2ccccc2)sc2c1CCN(C(=O)Cc1cccnc1)C2. The van der Waals surface area contributed by atoms with Crippen molar-refractivity contribution >= 4 is 28.2 Å². The first-order valence-electron chi connectivity index (χ1n) is 10.2. The van der Waals surface area contributed by atoms with E-state index < -0.39 is 0 Å². The van der Waals surface area contributed by atoms with Gasteiger partial charge < -0.3 is 10.2 Å². The zero-order valence-electron chi connectivity index (χ0n) is 17.0. The molecule has 156 valence electrons. The molecule has 0 saturated heterocycles. The van der Waals surface area contributed by atoms with Crippen LogP contribution in [0.1, 0.15) is 33.6 Å². The predicted molar refractivity (Wildman–Crippen MR) is 119 cm³/mol. The van der Waals surface area contributed by atoms with Gasteiger partial charge in [0.05, 0.1) is 18.5 Å². The summed E-state index contributed by atoms with van der Waals surface area (Å²) in [6.45, 7) is 1.03. The number of amides is 2. The number of benzene rings is 1. The van der Waals surface area contributed by atoms with Crippen LogP contribution in [0.5, 0.6) is 0 Å². The second kappa shape index (κ2) is 9.54. The third-order valence-electron chi connectivity index (χ3n) is 5.34. The molecule has 6 nitrogen and oxygen atoms in total. The van der Waals surface area contributed by atoms with Crippen LogP contribution in [-0.4, -0.2) is 28.2 Å². The molecule has 7 heteroatoms. The molecule has 0 spiro atoms. The van der Waals surface area contributed by atoms with Gasteiger partial charge in [0.15, 0.2) is 0 Å². The second-order valence-corrected chi connectivity index (χ2v) is 8.56. The standard InChI is InChI=1S/C24H22N4O2S/c25-14-20-19-10-12-28(23(30)13-18-7-4-11-26-15-18)16-21(19)31-24(20)27-22(29)9-8-17-5-2-1-3-6-17/h1-7,11,15H,8-10,12-13,16H2,(H,27,29). The summed E-state index contributed by atoms with van der Waals surface area (Å²) in [5.74, 6) is -0.0672. The number of carbonyl (C=O) groups is 2. The lowest BCUT2D eigenvalue weighted by Crippen LogP contribution is -2.36. The highest BCUT2D eigenvalue weighted by atomic mass is 32.1. The summed E-state index contributed by atoms with van der Waals surface area (Å²) in [4.78, 5) is 32.0.